The lowest BCUT2D eigenvalue weighted by atomic mass is 10.1. The lowest BCUT2D eigenvalue weighted by molar-refractivity contribution is 0.646. The van der Waals surface area contributed by atoms with Crippen molar-refractivity contribution in [1.82, 2.24) is 14.9 Å². The van der Waals surface area contributed by atoms with Crippen molar-refractivity contribution in [3.8, 4) is 0 Å². The third-order valence-corrected chi connectivity index (χ3v) is 4.01. The van der Waals surface area contributed by atoms with Crippen LogP contribution < -0.4 is 5.43 Å². The molecule has 17 heavy (non-hydrogen) atoms. The summed E-state index contributed by atoms with van der Waals surface area (Å²) in [5.74, 6) is 1.82. The van der Waals surface area contributed by atoms with Gasteiger partial charge in [0.1, 0.15) is 5.82 Å². The molecule has 0 bridgehead atoms. The summed E-state index contributed by atoms with van der Waals surface area (Å²) in [5, 5.41) is 9.83. The zero-order chi connectivity index (χ0) is 11.8. The lowest BCUT2D eigenvalue weighted by Crippen LogP contribution is -2.28. The number of hydrogen-bond donors (Lipinski definition) is 1. The van der Waals surface area contributed by atoms with Crippen molar-refractivity contribution in [3.05, 3.63) is 40.7 Å². The number of thioether (sulfide) groups is 1. The first kappa shape index (κ1) is 10.9. The Labute approximate surface area is 108 Å². The van der Waals surface area contributed by atoms with Crippen molar-refractivity contribution in [2.75, 3.05) is 11.2 Å². The molecular formula is C11H11ClN4S. The molecule has 3 rings (SSSR count). The van der Waals surface area contributed by atoms with Gasteiger partial charge < -0.3 is 5.43 Å². The van der Waals surface area contributed by atoms with Crippen LogP contribution in [0, 0.1) is 6.92 Å². The van der Waals surface area contributed by atoms with Crippen LogP contribution in [0.15, 0.2) is 29.4 Å². The zero-order valence-electron chi connectivity index (χ0n) is 9.22. The topological polar surface area (TPSA) is 42.7 Å². The maximum absolute atomic E-state index is 5.89. The maximum Gasteiger partial charge on any atom is 0.210 e. The minimum atomic E-state index is 0.263. The van der Waals surface area contributed by atoms with Crippen molar-refractivity contribution in [2.24, 2.45) is 0 Å². The molecule has 0 aliphatic carbocycles. The second kappa shape index (κ2) is 4.23. The Morgan fingerprint density at radius 1 is 1.35 bits per heavy atom. The van der Waals surface area contributed by atoms with Crippen LogP contribution in [0.3, 0.4) is 0 Å². The normalized spacial score (nSPS) is 18.6. The predicted octanol–water partition coefficient (Wildman–Crippen LogP) is 2.63. The van der Waals surface area contributed by atoms with E-state index in [4.69, 9.17) is 11.6 Å². The Morgan fingerprint density at radius 3 is 2.88 bits per heavy atom. The Kier molecular flexibility index (Phi) is 2.72. The molecule has 1 aliphatic rings. The van der Waals surface area contributed by atoms with E-state index in [0.717, 1.165) is 21.8 Å². The number of fused-ring (bicyclic) bond motifs is 1. The molecular weight excluding hydrogens is 256 g/mol. The fraction of sp³-hybridized carbons (Fsp3) is 0.273. The van der Waals surface area contributed by atoms with Gasteiger partial charge in [-0.25, -0.2) is 4.68 Å². The van der Waals surface area contributed by atoms with Gasteiger partial charge in [-0.1, -0.05) is 35.5 Å². The van der Waals surface area contributed by atoms with Gasteiger partial charge in [0, 0.05) is 10.8 Å². The van der Waals surface area contributed by atoms with Crippen molar-refractivity contribution < 1.29 is 0 Å². The summed E-state index contributed by atoms with van der Waals surface area (Å²) in [7, 11) is 0. The molecule has 1 atom stereocenters. The van der Waals surface area contributed by atoms with Crippen LogP contribution in [0.2, 0.25) is 5.02 Å². The monoisotopic (exact) mass is 266 g/mol. The van der Waals surface area contributed by atoms with E-state index in [9.17, 15) is 0 Å². The van der Waals surface area contributed by atoms with Gasteiger partial charge in [-0.3, -0.25) is 0 Å². The van der Waals surface area contributed by atoms with Crippen LogP contribution in [-0.4, -0.2) is 20.6 Å². The molecule has 2 heterocycles. The maximum atomic E-state index is 5.89. The molecule has 0 radical (unpaired) electrons. The predicted molar refractivity (Wildman–Crippen MR) is 69.0 cm³/mol. The molecule has 0 amide bonds. The van der Waals surface area contributed by atoms with Gasteiger partial charge in [-0.05, 0) is 24.6 Å². The highest BCUT2D eigenvalue weighted by molar-refractivity contribution is 7.99. The summed E-state index contributed by atoms with van der Waals surface area (Å²) in [4.78, 5) is 0. The van der Waals surface area contributed by atoms with Gasteiger partial charge in [0.2, 0.25) is 5.16 Å². The van der Waals surface area contributed by atoms with Crippen LogP contribution in [-0.2, 0) is 0 Å². The lowest BCUT2D eigenvalue weighted by Gasteiger charge is -2.26. The SMILES string of the molecule is Cc1nnc2n1NC(c1ccc(Cl)cc1)CS2. The number of nitrogens with one attached hydrogen (secondary N) is 1. The molecule has 0 saturated heterocycles. The van der Waals surface area contributed by atoms with E-state index in [1.165, 1.54) is 5.56 Å². The fourth-order valence-electron chi connectivity index (χ4n) is 1.80. The third kappa shape index (κ3) is 2.00. The molecule has 0 saturated carbocycles. The Bertz CT molecular complexity index is 537. The van der Waals surface area contributed by atoms with E-state index in [2.05, 4.69) is 15.6 Å². The Morgan fingerprint density at radius 2 is 2.12 bits per heavy atom. The Balaban J connectivity index is 1.88. The second-order valence-corrected chi connectivity index (χ2v) is 5.33. The fourth-order valence-corrected chi connectivity index (χ4v) is 2.92. The summed E-state index contributed by atoms with van der Waals surface area (Å²) >= 11 is 7.60. The molecule has 2 aromatic rings. The van der Waals surface area contributed by atoms with Crippen molar-refractivity contribution in [2.45, 2.75) is 18.1 Å². The number of benzene rings is 1. The number of aryl methyl sites for hydroxylation is 1. The minimum Gasteiger partial charge on any atom is -0.314 e. The van der Waals surface area contributed by atoms with Gasteiger partial charge in [-0.15, -0.1) is 10.2 Å². The van der Waals surface area contributed by atoms with Crippen LogP contribution >= 0.6 is 23.4 Å². The molecule has 88 valence electrons. The van der Waals surface area contributed by atoms with Crippen LogP contribution in [0.1, 0.15) is 17.4 Å². The molecule has 4 nitrogen and oxygen atoms in total. The molecule has 0 fully saturated rings. The summed E-state index contributed by atoms with van der Waals surface area (Å²) in [5.41, 5.74) is 4.63. The standard InChI is InChI=1S/C11H11ClN4S/c1-7-13-14-11-16(7)15-10(6-17-11)8-2-4-9(12)5-3-8/h2-5,10,15H,6H2,1H3. The summed E-state index contributed by atoms with van der Waals surface area (Å²) in [6.07, 6.45) is 0. The van der Waals surface area contributed by atoms with E-state index in [0.29, 0.717) is 0 Å². The summed E-state index contributed by atoms with van der Waals surface area (Å²) < 4.78 is 1.94. The number of nitrogens with zero attached hydrogens (tertiary/aromatic N) is 3. The second-order valence-electron chi connectivity index (χ2n) is 3.91. The quantitative estimate of drug-likeness (QED) is 0.862. The first-order valence-electron chi connectivity index (χ1n) is 5.31. The van der Waals surface area contributed by atoms with E-state index in [-0.39, 0.29) is 6.04 Å². The highest BCUT2D eigenvalue weighted by Crippen LogP contribution is 2.30. The molecule has 6 heteroatoms. The van der Waals surface area contributed by atoms with Crippen molar-refractivity contribution in [3.63, 3.8) is 0 Å². The average Bonchev–Trinajstić information content (AvgIpc) is 2.72. The van der Waals surface area contributed by atoms with E-state index in [1.54, 1.807) is 11.8 Å². The highest BCUT2D eigenvalue weighted by Gasteiger charge is 2.22. The van der Waals surface area contributed by atoms with Gasteiger partial charge in [0.05, 0.1) is 6.04 Å². The van der Waals surface area contributed by atoms with Gasteiger partial charge in [0.15, 0.2) is 0 Å². The largest absolute Gasteiger partial charge is 0.314 e. The molecule has 1 unspecified atom stereocenters. The van der Waals surface area contributed by atoms with Gasteiger partial charge in [0.25, 0.3) is 0 Å². The van der Waals surface area contributed by atoms with Gasteiger partial charge in [-0.2, -0.15) is 0 Å². The highest BCUT2D eigenvalue weighted by atomic mass is 35.5. The zero-order valence-corrected chi connectivity index (χ0v) is 10.8. The number of halogens is 1. The summed E-state index contributed by atoms with van der Waals surface area (Å²) in [6.45, 7) is 1.94. The van der Waals surface area contributed by atoms with E-state index in [1.807, 2.05) is 35.9 Å². The molecule has 1 aliphatic heterocycles. The Hall–Kier alpha value is -1.20. The van der Waals surface area contributed by atoms with Crippen molar-refractivity contribution >= 4 is 23.4 Å². The molecule has 1 aromatic carbocycles. The van der Waals surface area contributed by atoms with Gasteiger partial charge >= 0.3 is 0 Å². The molecule has 0 spiro atoms. The first-order valence-corrected chi connectivity index (χ1v) is 6.67. The van der Waals surface area contributed by atoms with E-state index < -0.39 is 0 Å². The average molecular weight is 267 g/mol. The summed E-state index contributed by atoms with van der Waals surface area (Å²) in [6, 6.07) is 8.19. The number of hydrogen-bond acceptors (Lipinski definition) is 4. The third-order valence-electron chi connectivity index (χ3n) is 2.73. The molecule has 1 aromatic heterocycles. The molecule has 1 N–H and O–H groups in total. The minimum absolute atomic E-state index is 0.263. The first-order chi connectivity index (χ1) is 8.24. The van der Waals surface area contributed by atoms with Crippen LogP contribution in [0.25, 0.3) is 0 Å². The number of aromatic nitrogens is 3. The number of rotatable bonds is 1. The smallest absolute Gasteiger partial charge is 0.210 e. The van der Waals surface area contributed by atoms with E-state index >= 15 is 0 Å². The van der Waals surface area contributed by atoms with Crippen LogP contribution in [0.5, 0.6) is 0 Å². The van der Waals surface area contributed by atoms with Crippen molar-refractivity contribution in [1.29, 1.82) is 0 Å². The van der Waals surface area contributed by atoms with Crippen LogP contribution in [0.4, 0.5) is 0 Å².